The lowest BCUT2D eigenvalue weighted by Gasteiger charge is -2.22. The number of rotatable bonds is 8. The zero-order chi connectivity index (χ0) is 17.5. The van der Waals surface area contributed by atoms with Crippen molar-refractivity contribution in [3.05, 3.63) is 35.4 Å². The Bertz CT molecular complexity index is 516. The zero-order valence-corrected chi connectivity index (χ0v) is 14.4. The third kappa shape index (κ3) is 6.40. The number of hydrogen-bond donors (Lipinski definition) is 1. The second-order valence-corrected chi connectivity index (χ2v) is 6.19. The highest BCUT2D eigenvalue weighted by atomic mass is 16.6. The van der Waals surface area contributed by atoms with E-state index >= 15 is 0 Å². The van der Waals surface area contributed by atoms with E-state index in [9.17, 15) is 9.59 Å². The standard InChI is InChI=1S/C18H27NO4/c1-5-22-16(20)15(17(21)23-6-2)11-13-9-7-8-10-14(13)12-18(3,4)19/h7-10,15H,5-6,11-12,19H2,1-4H3. The minimum Gasteiger partial charge on any atom is -0.465 e. The van der Waals surface area contributed by atoms with Gasteiger partial charge in [0.05, 0.1) is 13.2 Å². The summed E-state index contributed by atoms with van der Waals surface area (Å²) >= 11 is 0. The summed E-state index contributed by atoms with van der Waals surface area (Å²) in [5.41, 5.74) is 7.66. The predicted molar refractivity (Wildman–Crippen MR) is 88.9 cm³/mol. The van der Waals surface area contributed by atoms with E-state index < -0.39 is 17.9 Å². The number of esters is 2. The lowest BCUT2D eigenvalue weighted by molar-refractivity contribution is -0.161. The van der Waals surface area contributed by atoms with Gasteiger partial charge in [-0.15, -0.1) is 0 Å². The molecule has 0 heterocycles. The number of benzene rings is 1. The maximum absolute atomic E-state index is 12.1. The largest absolute Gasteiger partial charge is 0.465 e. The first-order valence-electron chi connectivity index (χ1n) is 7.97. The van der Waals surface area contributed by atoms with Crippen LogP contribution in [-0.2, 0) is 31.9 Å². The average Bonchev–Trinajstić information content (AvgIpc) is 2.45. The second-order valence-electron chi connectivity index (χ2n) is 6.19. The molecule has 0 aliphatic heterocycles. The molecule has 23 heavy (non-hydrogen) atoms. The first-order valence-corrected chi connectivity index (χ1v) is 7.97. The van der Waals surface area contributed by atoms with Gasteiger partial charge in [0.2, 0.25) is 0 Å². The van der Waals surface area contributed by atoms with E-state index in [0.29, 0.717) is 6.42 Å². The summed E-state index contributed by atoms with van der Waals surface area (Å²) in [5, 5.41) is 0. The Hall–Kier alpha value is -1.88. The molecule has 5 nitrogen and oxygen atoms in total. The lowest BCUT2D eigenvalue weighted by atomic mass is 9.89. The van der Waals surface area contributed by atoms with Crippen molar-refractivity contribution < 1.29 is 19.1 Å². The van der Waals surface area contributed by atoms with E-state index in [1.165, 1.54) is 0 Å². The summed E-state index contributed by atoms with van der Waals surface area (Å²) in [6, 6.07) is 7.69. The molecule has 0 atom stereocenters. The van der Waals surface area contributed by atoms with Crippen molar-refractivity contribution in [3.63, 3.8) is 0 Å². The molecule has 0 aliphatic rings. The van der Waals surface area contributed by atoms with E-state index in [1.807, 2.05) is 38.1 Å². The van der Waals surface area contributed by atoms with Crippen molar-refractivity contribution in [1.82, 2.24) is 0 Å². The minimum absolute atomic E-state index is 0.228. The van der Waals surface area contributed by atoms with Crippen LogP contribution in [0.1, 0.15) is 38.8 Å². The summed E-state index contributed by atoms with van der Waals surface area (Å²) in [6.45, 7) is 7.77. The highest BCUT2D eigenvalue weighted by Gasteiger charge is 2.30. The van der Waals surface area contributed by atoms with Gasteiger partial charge < -0.3 is 15.2 Å². The molecule has 0 radical (unpaired) electrons. The van der Waals surface area contributed by atoms with Gasteiger partial charge in [0, 0.05) is 5.54 Å². The molecule has 0 unspecified atom stereocenters. The van der Waals surface area contributed by atoms with Crippen molar-refractivity contribution in [3.8, 4) is 0 Å². The second kappa shape index (κ2) is 8.67. The van der Waals surface area contributed by atoms with Crippen LogP contribution in [0.25, 0.3) is 0 Å². The molecule has 0 aliphatic carbocycles. The maximum atomic E-state index is 12.1. The molecule has 1 rings (SSSR count). The Morgan fingerprint density at radius 2 is 1.52 bits per heavy atom. The fourth-order valence-electron chi connectivity index (χ4n) is 2.39. The molecule has 2 N–H and O–H groups in total. The van der Waals surface area contributed by atoms with Gasteiger partial charge in [-0.25, -0.2) is 0 Å². The highest BCUT2D eigenvalue weighted by Crippen LogP contribution is 2.20. The summed E-state index contributed by atoms with van der Waals surface area (Å²) < 4.78 is 10.0. The molecule has 0 saturated carbocycles. The van der Waals surface area contributed by atoms with Crippen LogP contribution in [0.4, 0.5) is 0 Å². The van der Waals surface area contributed by atoms with Crippen LogP contribution in [-0.4, -0.2) is 30.7 Å². The molecule has 0 aromatic heterocycles. The van der Waals surface area contributed by atoms with E-state index in [1.54, 1.807) is 13.8 Å². The molecule has 0 saturated heterocycles. The smallest absolute Gasteiger partial charge is 0.320 e. The van der Waals surface area contributed by atoms with Crippen LogP contribution in [0, 0.1) is 5.92 Å². The molecule has 0 bridgehead atoms. The lowest BCUT2D eigenvalue weighted by Crippen LogP contribution is -2.35. The van der Waals surface area contributed by atoms with Gasteiger partial charge in [0.25, 0.3) is 0 Å². The van der Waals surface area contributed by atoms with Gasteiger partial charge in [-0.05, 0) is 51.7 Å². The van der Waals surface area contributed by atoms with Crippen LogP contribution in [0.15, 0.2) is 24.3 Å². The highest BCUT2D eigenvalue weighted by molar-refractivity contribution is 5.95. The first kappa shape index (κ1) is 19.2. The van der Waals surface area contributed by atoms with Crippen molar-refractivity contribution in [1.29, 1.82) is 0 Å². The van der Waals surface area contributed by atoms with Crippen molar-refractivity contribution in [2.75, 3.05) is 13.2 Å². The molecular formula is C18H27NO4. The van der Waals surface area contributed by atoms with Crippen LogP contribution < -0.4 is 5.73 Å². The van der Waals surface area contributed by atoms with Gasteiger partial charge in [0.15, 0.2) is 5.92 Å². The summed E-state index contributed by atoms with van der Waals surface area (Å²) in [7, 11) is 0. The molecule has 0 fully saturated rings. The number of carbonyl (C=O) groups excluding carboxylic acids is 2. The third-order valence-electron chi connectivity index (χ3n) is 3.33. The molecule has 0 spiro atoms. The quantitative estimate of drug-likeness (QED) is 0.587. The molecular weight excluding hydrogens is 294 g/mol. The van der Waals surface area contributed by atoms with Crippen molar-refractivity contribution in [2.24, 2.45) is 11.7 Å². The average molecular weight is 321 g/mol. The topological polar surface area (TPSA) is 78.6 Å². The zero-order valence-electron chi connectivity index (χ0n) is 14.4. The molecule has 128 valence electrons. The molecule has 1 aromatic rings. The summed E-state index contributed by atoms with van der Waals surface area (Å²) in [5.74, 6) is -2.04. The minimum atomic E-state index is -0.947. The Morgan fingerprint density at radius 3 is 1.96 bits per heavy atom. The van der Waals surface area contributed by atoms with Gasteiger partial charge in [-0.3, -0.25) is 9.59 Å². The van der Waals surface area contributed by atoms with Gasteiger partial charge >= 0.3 is 11.9 Å². The number of ether oxygens (including phenoxy) is 2. The molecule has 0 amide bonds. The van der Waals surface area contributed by atoms with E-state index in [0.717, 1.165) is 11.1 Å². The predicted octanol–water partition coefficient (Wildman–Crippen LogP) is 2.25. The van der Waals surface area contributed by atoms with Gasteiger partial charge in [-0.2, -0.15) is 0 Å². The Labute approximate surface area is 138 Å². The Kier molecular flexibility index (Phi) is 7.23. The third-order valence-corrected chi connectivity index (χ3v) is 3.33. The summed E-state index contributed by atoms with van der Waals surface area (Å²) in [6.07, 6.45) is 0.908. The van der Waals surface area contributed by atoms with E-state index in [2.05, 4.69) is 0 Å². The SMILES string of the molecule is CCOC(=O)C(Cc1ccccc1CC(C)(C)N)C(=O)OCC. The monoisotopic (exact) mass is 321 g/mol. The van der Waals surface area contributed by atoms with Crippen LogP contribution in [0.5, 0.6) is 0 Å². The van der Waals surface area contributed by atoms with Crippen molar-refractivity contribution in [2.45, 2.75) is 46.1 Å². The Balaban J connectivity index is 3.03. The van der Waals surface area contributed by atoms with E-state index in [4.69, 9.17) is 15.2 Å². The number of nitrogens with two attached hydrogens (primary N) is 1. The fourth-order valence-corrected chi connectivity index (χ4v) is 2.39. The number of hydrogen-bond acceptors (Lipinski definition) is 5. The fraction of sp³-hybridized carbons (Fsp3) is 0.556. The van der Waals surface area contributed by atoms with Crippen LogP contribution in [0.2, 0.25) is 0 Å². The first-order chi connectivity index (χ1) is 10.8. The normalized spacial score (nSPS) is 11.4. The van der Waals surface area contributed by atoms with Gasteiger partial charge in [0.1, 0.15) is 0 Å². The molecule has 1 aromatic carbocycles. The summed E-state index contributed by atoms with van der Waals surface area (Å²) in [4.78, 5) is 24.2. The maximum Gasteiger partial charge on any atom is 0.320 e. The van der Waals surface area contributed by atoms with E-state index in [-0.39, 0.29) is 25.2 Å². The van der Waals surface area contributed by atoms with Crippen LogP contribution >= 0.6 is 0 Å². The number of carbonyl (C=O) groups is 2. The van der Waals surface area contributed by atoms with Gasteiger partial charge in [-0.1, -0.05) is 24.3 Å². The molecule has 5 heteroatoms. The van der Waals surface area contributed by atoms with Crippen molar-refractivity contribution >= 4 is 11.9 Å². The Morgan fingerprint density at radius 1 is 1.04 bits per heavy atom. The van der Waals surface area contributed by atoms with Crippen LogP contribution in [0.3, 0.4) is 0 Å².